The van der Waals surface area contributed by atoms with Crippen molar-refractivity contribution >= 4 is 11.7 Å². The highest BCUT2D eigenvalue weighted by Gasteiger charge is 2.40. The van der Waals surface area contributed by atoms with Crippen molar-refractivity contribution in [1.82, 2.24) is 0 Å². The van der Waals surface area contributed by atoms with Crippen molar-refractivity contribution in [3.8, 4) is 5.75 Å². The highest BCUT2D eigenvalue weighted by molar-refractivity contribution is 5.92. The molecule has 0 bridgehead atoms. The Kier molecular flexibility index (Phi) is 4.60. The molecule has 2 atom stereocenters. The van der Waals surface area contributed by atoms with Crippen LogP contribution in [0.5, 0.6) is 5.75 Å². The van der Waals surface area contributed by atoms with Gasteiger partial charge in [0.25, 0.3) is 0 Å². The normalized spacial score (nSPS) is 19.7. The second-order valence-corrected chi connectivity index (χ2v) is 5.84. The quantitative estimate of drug-likeness (QED) is 0.470. The first-order chi connectivity index (χ1) is 11.6. The Hall–Kier alpha value is -2.69. The van der Waals surface area contributed by atoms with Crippen molar-refractivity contribution in [1.29, 1.82) is 0 Å². The standard InChI is InChI=1S/C19H18FNO3/c1-12(17-11-18(17)13-6-8-15(20)9-7-13)21-24-19(22)14-4-3-5-16(10-14)23-2/h3-10,17-18H,11H2,1-2H3/b21-12-/t17-,18+/m0/s1. The van der Waals surface area contributed by atoms with Gasteiger partial charge in [0.2, 0.25) is 0 Å². The molecule has 0 spiro atoms. The molecule has 0 aliphatic heterocycles. The maximum atomic E-state index is 13.0. The zero-order valence-electron chi connectivity index (χ0n) is 13.5. The molecule has 2 aromatic rings. The summed E-state index contributed by atoms with van der Waals surface area (Å²) in [6, 6.07) is 13.2. The molecule has 0 aromatic heterocycles. The lowest BCUT2D eigenvalue weighted by molar-refractivity contribution is 0.0514. The Morgan fingerprint density at radius 3 is 2.67 bits per heavy atom. The number of carbonyl (C=O) groups is 1. The summed E-state index contributed by atoms with van der Waals surface area (Å²) in [4.78, 5) is 17.1. The molecule has 24 heavy (non-hydrogen) atoms. The molecule has 5 heteroatoms. The summed E-state index contributed by atoms with van der Waals surface area (Å²) in [5.74, 6) is 0.364. The minimum atomic E-state index is -0.521. The van der Waals surface area contributed by atoms with Crippen molar-refractivity contribution < 1.29 is 18.8 Å². The first-order valence-electron chi connectivity index (χ1n) is 7.74. The fraction of sp³-hybridized carbons (Fsp3) is 0.263. The summed E-state index contributed by atoms with van der Waals surface area (Å²) < 4.78 is 18.0. The van der Waals surface area contributed by atoms with Gasteiger partial charge in [0, 0.05) is 5.92 Å². The van der Waals surface area contributed by atoms with Crippen LogP contribution in [0.3, 0.4) is 0 Å². The van der Waals surface area contributed by atoms with Crippen molar-refractivity contribution in [2.24, 2.45) is 11.1 Å². The van der Waals surface area contributed by atoms with Gasteiger partial charge in [0.1, 0.15) is 11.6 Å². The molecular formula is C19H18FNO3. The molecule has 0 amide bonds. The number of carbonyl (C=O) groups excluding carboxylic acids is 1. The topological polar surface area (TPSA) is 47.9 Å². The molecule has 2 aromatic carbocycles. The third-order valence-corrected chi connectivity index (χ3v) is 4.20. The van der Waals surface area contributed by atoms with Crippen molar-refractivity contribution in [2.75, 3.05) is 7.11 Å². The molecule has 1 fully saturated rings. The summed E-state index contributed by atoms with van der Waals surface area (Å²) >= 11 is 0. The summed E-state index contributed by atoms with van der Waals surface area (Å²) in [7, 11) is 1.54. The molecule has 1 aliphatic rings. The SMILES string of the molecule is COc1cccc(C(=O)O/N=C(/C)[C@@H]2C[C@@H]2c2ccc(F)cc2)c1. The lowest BCUT2D eigenvalue weighted by Crippen LogP contribution is -2.05. The van der Waals surface area contributed by atoms with E-state index in [0.29, 0.717) is 17.2 Å². The Balaban J connectivity index is 1.60. The van der Waals surface area contributed by atoms with E-state index in [1.807, 2.05) is 6.92 Å². The van der Waals surface area contributed by atoms with Gasteiger partial charge >= 0.3 is 5.97 Å². The highest BCUT2D eigenvalue weighted by atomic mass is 19.1. The van der Waals surface area contributed by atoms with E-state index in [2.05, 4.69) is 5.16 Å². The van der Waals surface area contributed by atoms with E-state index in [1.54, 1.807) is 36.4 Å². The van der Waals surface area contributed by atoms with Crippen molar-refractivity contribution in [2.45, 2.75) is 19.3 Å². The molecule has 0 saturated heterocycles. The van der Waals surface area contributed by atoms with Gasteiger partial charge in [0.05, 0.1) is 18.4 Å². The number of ether oxygens (including phenoxy) is 1. The van der Waals surface area contributed by atoms with Crippen molar-refractivity contribution in [3.63, 3.8) is 0 Å². The Morgan fingerprint density at radius 1 is 1.21 bits per heavy atom. The molecule has 0 heterocycles. The zero-order valence-corrected chi connectivity index (χ0v) is 13.5. The smallest absolute Gasteiger partial charge is 0.365 e. The minimum absolute atomic E-state index is 0.230. The number of benzene rings is 2. The molecule has 124 valence electrons. The maximum absolute atomic E-state index is 13.0. The molecular weight excluding hydrogens is 309 g/mol. The van der Waals surface area contributed by atoms with Gasteiger partial charge in [-0.3, -0.25) is 0 Å². The van der Waals surface area contributed by atoms with Crippen LogP contribution in [0.1, 0.15) is 35.2 Å². The Bertz CT molecular complexity index is 770. The van der Waals surface area contributed by atoms with E-state index in [9.17, 15) is 9.18 Å². The molecule has 0 N–H and O–H groups in total. The molecule has 0 radical (unpaired) electrons. The van der Waals surface area contributed by atoms with Crippen LogP contribution in [0.4, 0.5) is 4.39 Å². The third kappa shape index (κ3) is 3.62. The number of hydrogen-bond acceptors (Lipinski definition) is 4. The number of nitrogens with zero attached hydrogens (tertiary/aromatic N) is 1. The van der Waals surface area contributed by atoms with Gasteiger partial charge in [-0.2, -0.15) is 0 Å². The molecule has 1 saturated carbocycles. The lowest BCUT2D eigenvalue weighted by Gasteiger charge is -2.03. The van der Waals surface area contributed by atoms with E-state index in [4.69, 9.17) is 9.57 Å². The van der Waals surface area contributed by atoms with E-state index in [1.165, 1.54) is 19.2 Å². The monoisotopic (exact) mass is 327 g/mol. The minimum Gasteiger partial charge on any atom is -0.497 e. The Morgan fingerprint density at radius 2 is 1.96 bits per heavy atom. The van der Waals surface area contributed by atoms with E-state index in [-0.39, 0.29) is 11.7 Å². The Labute approximate surface area is 139 Å². The molecule has 4 nitrogen and oxygen atoms in total. The molecule has 0 unspecified atom stereocenters. The van der Waals surface area contributed by atoms with E-state index < -0.39 is 5.97 Å². The van der Waals surface area contributed by atoms with Gasteiger partial charge in [-0.1, -0.05) is 23.4 Å². The zero-order chi connectivity index (χ0) is 17.1. The van der Waals surface area contributed by atoms with Crippen LogP contribution in [0.25, 0.3) is 0 Å². The van der Waals surface area contributed by atoms with Gasteiger partial charge in [-0.15, -0.1) is 0 Å². The first kappa shape index (κ1) is 16.2. The summed E-state index contributed by atoms with van der Waals surface area (Å²) in [5, 5.41) is 3.96. The number of hydrogen-bond donors (Lipinski definition) is 0. The van der Waals surface area contributed by atoms with Crippen LogP contribution in [0.15, 0.2) is 53.7 Å². The van der Waals surface area contributed by atoms with Gasteiger partial charge < -0.3 is 9.57 Å². The number of methoxy groups -OCH3 is 1. The van der Waals surface area contributed by atoms with Gasteiger partial charge in [0.15, 0.2) is 0 Å². The third-order valence-electron chi connectivity index (χ3n) is 4.20. The van der Waals surface area contributed by atoms with Crippen LogP contribution in [0, 0.1) is 11.7 Å². The van der Waals surface area contributed by atoms with Gasteiger partial charge in [-0.25, -0.2) is 9.18 Å². The van der Waals surface area contributed by atoms with Crippen LogP contribution in [-0.2, 0) is 4.84 Å². The molecule has 1 aliphatic carbocycles. The van der Waals surface area contributed by atoms with E-state index >= 15 is 0 Å². The van der Waals surface area contributed by atoms with Gasteiger partial charge in [-0.05, 0) is 55.2 Å². The fourth-order valence-electron chi connectivity index (χ4n) is 2.72. The predicted octanol–water partition coefficient (Wildman–Crippen LogP) is 4.17. The van der Waals surface area contributed by atoms with Crippen LogP contribution in [-0.4, -0.2) is 18.8 Å². The van der Waals surface area contributed by atoms with Crippen LogP contribution >= 0.6 is 0 Å². The number of halogens is 1. The van der Waals surface area contributed by atoms with Crippen molar-refractivity contribution in [3.05, 3.63) is 65.5 Å². The average molecular weight is 327 g/mol. The van der Waals surface area contributed by atoms with Crippen LogP contribution < -0.4 is 4.74 Å². The number of rotatable bonds is 5. The maximum Gasteiger partial charge on any atom is 0.365 e. The molecule has 3 rings (SSSR count). The first-order valence-corrected chi connectivity index (χ1v) is 7.74. The van der Waals surface area contributed by atoms with Crippen LogP contribution in [0.2, 0.25) is 0 Å². The number of oxime groups is 1. The lowest BCUT2D eigenvalue weighted by atomic mass is 10.1. The summed E-state index contributed by atoms with van der Waals surface area (Å²) in [5.41, 5.74) is 2.23. The predicted molar refractivity (Wildman–Crippen MR) is 88.8 cm³/mol. The summed E-state index contributed by atoms with van der Waals surface area (Å²) in [6.45, 7) is 1.84. The second-order valence-electron chi connectivity index (χ2n) is 5.84. The average Bonchev–Trinajstić information content (AvgIpc) is 3.41. The largest absolute Gasteiger partial charge is 0.497 e. The second kappa shape index (κ2) is 6.83. The highest BCUT2D eigenvalue weighted by Crippen LogP contribution is 2.48. The fourth-order valence-corrected chi connectivity index (χ4v) is 2.72. The summed E-state index contributed by atoms with van der Waals surface area (Å²) in [6.07, 6.45) is 0.928. The van der Waals surface area contributed by atoms with E-state index in [0.717, 1.165) is 17.7 Å².